The summed E-state index contributed by atoms with van der Waals surface area (Å²) < 4.78 is 0. The molecule has 2 aromatic rings. The monoisotopic (exact) mass is 310 g/mol. The van der Waals surface area contributed by atoms with Crippen molar-refractivity contribution in [2.45, 2.75) is 39.7 Å². The zero-order valence-electron chi connectivity index (χ0n) is 13.8. The van der Waals surface area contributed by atoms with Crippen LogP contribution in [0.4, 0.5) is 11.6 Å². The van der Waals surface area contributed by atoms with Crippen LogP contribution in [0.1, 0.15) is 42.0 Å². The molecule has 0 fully saturated rings. The van der Waals surface area contributed by atoms with Gasteiger partial charge in [0.2, 0.25) is 5.95 Å². The normalized spacial score (nSPS) is 16.3. The number of para-hydroxylation sites is 1. The van der Waals surface area contributed by atoms with Crippen LogP contribution in [0.3, 0.4) is 0 Å². The van der Waals surface area contributed by atoms with E-state index >= 15 is 0 Å². The third-order valence-electron chi connectivity index (χ3n) is 4.03. The second-order valence-electron chi connectivity index (χ2n) is 6.00. The molecule has 1 aliphatic rings. The molecule has 3 rings (SSSR count). The molecular formula is C18H22N4O. The molecule has 5 nitrogen and oxygen atoms in total. The molecule has 1 aliphatic heterocycles. The highest BCUT2D eigenvalue weighted by molar-refractivity contribution is 6.06. The third kappa shape index (κ3) is 3.04. The zero-order chi connectivity index (χ0) is 16.4. The maximum atomic E-state index is 13.0. The maximum absolute atomic E-state index is 13.0. The lowest BCUT2D eigenvalue weighted by molar-refractivity contribution is 0.0976. The van der Waals surface area contributed by atoms with E-state index in [1.165, 1.54) is 5.56 Å². The van der Waals surface area contributed by atoms with Gasteiger partial charge >= 0.3 is 0 Å². The lowest BCUT2D eigenvalue weighted by atomic mass is 10.1. The Hall–Kier alpha value is -2.43. The van der Waals surface area contributed by atoms with Crippen LogP contribution in [0.5, 0.6) is 0 Å². The first-order chi connectivity index (χ1) is 11.1. The van der Waals surface area contributed by atoms with Gasteiger partial charge in [0.15, 0.2) is 0 Å². The Balaban J connectivity index is 1.93. The number of anilines is 2. The van der Waals surface area contributed by atoms with Crippen molar-refractivity contribution in [3.05, 3.63) is 47.3 Å². The Labute approximate surface area is 136 Å². The van der Waals surface area contributed by atoms with Crippen LogP contribution in [0, 0.1) is 6.92 Å². The molecule has 0 spiro atoms. The first-order valence-corrected chi connectivity index (χ1v) is 8.11. The number of aryl methyl sites for hydroxylation is 1. The minimum absolute atomic E-state index is 0.0625. The molecule has 1 unspecified atom stereocenters. The highest BCUT2D eigenvalue weighted by Crippen LogP contribution is 2.32. The van der Waals surface area contributed by atoms with Gasteiger partial charge in [-0.1, -0.05) is 25.1 Å². The molecule has 0 bridgehead atoms. The van der Waals surface area contributed by atoms with Crippen LogP contribution in [0.15, 0.2) is 30.3 Å². The number of rotatable bonds is 4. The van der Waals surface area contributed by atoms with Crippen molar-refractivity contribution in [1.82, 2.24) is 9.97 Å². The van der Waals surface area contributed by atoms with Crippen LogP contribution in [-0.2, 0) is 6.42 Å². The summed E-state index contributed by atoms with van der Waals surface area (Å²) in [7, 11) is 0. The first kappa shape index (κ1) is 15.5. The number of benzene rings is 1. The minimum atomic E-state index is -0.0625. The predicted molar refractivity (Wildman–Crippen MR) is 92.0 cm³/mol. The van der Waals surface area contributed by atoms with Gasteiger partial charge in [-0.3, -0.25) is 4.79 Å². The van der Waals surface area contributed by atoms with Crippen molar-refractivity contribution >= 4 is 17.5 Å². The van der Waals surface area contributed by atoms with Crippen molar-refractivity contribution in [2.24, 2.45) is 0 Å². The fourth-order valence-electron chi connectivity index (χ4n) is 2.99. The highest BCUT2D eigenvalue weighted by atomic mass is 16.2. The number of hydrogen-bond acceptors (Lipinski definition) is 4. The van der Waals surface area contributed by atoms with E-state index in [0.29, 0.717) is 11.6 Å². The highest BCUT2D eigenvalue weighted by Gasteiger charge is 2.32. The molecule has 1 aromatic heterocycles. The van der Waals surface area contributed by atoms with E-state index in [4.69, 9.17) is 0 Å². The van der Waals surface area contributed by atoms with Crippen LogP contribution in [0.2, 0.25) is 0 Å². The Morgan fingerprint density at radius 3 is 2.91 bits per heavy atom. The molecule has 1 aromatic carbocycles. The first-order valence-electron chi connectivity index (χ1n) is 8.11. The summed E-state index contributed by atoms with van der Waals surface area (Å²) in [6.45, 7) is 6.83. The lowest BCUT2D eigenvalue weighted by Crippen LogP contribution is -2.36. The standard InChI is InChI=1S/C18H22N4O/c1-4-9-19-18-20-12(2)10-15(21-18)17(23)22-13(3)11-14-7-5-6-8-16(14)22/h5-8,10,13H,4,9,11H2,1-3H3,(H,19,20,21). The number of carbonyl (C=O) groups is 1. The van der Waals surface area contributed by atoms with Crippen LogP contribution >= 0.6 is 0 Å². The SMILES string of the molecule is CCCNc1nc(C)cc(C(=O)N2c3ccccc3CC2C)n1. The van der Waals surface area contributed by atoms with Crippen LogP contribution in [0.25, 0.3) is 0 Å². The summed E-state index contributed by atoms with van der Waals surface area (Å²) in [5, 5.41) is 3.16. The summed E-state index contributed by atoms with van der Waals surface area (Å²) >= 11 is 0. The Bertz CT molecular complexity index is 729. The average molecular weight is 310 g/mol. The van der Waals surface area contributed by atoms with Crippen molar-refractivity contribution in [2.75, 3.05) is 16.8 Å². The molecule has 1 N–H and O–H groups in total. The zero-order valence-corrected chi connectivity index (χ0v) is 13.8. The Kier molecular flexibility index (Phi) is 4.28. The molecule has 0 saturated carbocycles. The van der Waals surface area contributed by atoms with E-state index in [-0.39, 0.29) is 11.9 Å². The number of aromatic nitrogens is 2. The molecule has 23 heavy (non-hydrogen) atoms. The molecule has 5 heteroatoms. The van der Waals surface area contributed by atoms with Gasteiger partial charge in [-0.15, -0.1) is 0 Å². The Morgan fingerprint density at radius 1 is 1.35 bits per heavy atom. The fraction of sp³-hybridized carbons (Fsp3) is 0.389. The van der Waals surface area contributed by atoms with Gasteiger partial charge in [-0.25, -0.2) is 9.97 Å². The van der Waals surface area contributed by atoms with Crippen molar-refractivity contribution in [3.63, 3.8) is 0 Å². The van der Waals surface area contributed by atoms with Crippen molar-refractivity contribution in [1.29, 1.82) is 0 Å². The van der Waals surface area contributed by atoms with E-state index in [1.807, 2.05) is 30.0 Å². The summed E-state index contributed by atoms with van der Waals surface area (Å²) in [5.41, 5.74) is 3.44. The quantitative estimate of drug-likeness (QED) is 0.942. The number of nitrogens with one attached hydrogen (secondary N) is 1. The van der Waals surface area contributed by atoms with E-state index < -0.39 is 0 Å². The van der Waals surface area contributed by atoms with Gasteiger partial charge in [-0.05, 0) is 44.4 Å². The third-order valence-corrected chi connectivity index (χ3v) is 4.03. The molecular weight excluding hydrogens is 288 g/mol. The minimum Gasteiger partial charge on any atom is -0.354 e. The van der Waals surface area contributed by atoms with Gasteiger partial charge in [-0.2, -0.15) is 0 Å². The molecule has 120 valence electrons. The summed E-state index contributed by atoms with van der Waals surface area (Å²) in [6, 6.07) is 9.96. The van der Waals surface area contributed by atoms with Crippen molar-refractivity contribution in [3.8, 4) is 0 Å². The van der Waals surface area contributed by atoms with Gasteiger partial charge in [0, 0.05) is 24.0 Å². The number of nitrogens with zero attached hydrogens (tertiary/aromatic N) is 3. The van der Waals surface area contributed by atoms with Gasteiger partial charge in [0.05, 0.1) is 0 Å². The topological polar surface area (TPSA) is 58.1 Å². The number of fused-ring (bicyclic) bond motifs is 1. The number of hydrogen-bond donors (Lipinski definition) is 1. The largest absolute Gasteiger partial charge is 0.354 e. The fourth-order valence-corrected chi connectivity index (χ4v) is 2.99. The molecule has 0 aliphatic carbocycles. The van der Waals surface area contributed by atoms with Gasteiger partial charge in [0.1, 0.15) is 5.69 Å². The summed E-state index contributed by atoms with van der Waals surface area (Å²) in [6.07, 6.45) is 1.87. The maximum Gasteiger partial charge on any atom is 0.277 e. The van der Waals surface area contributed by atoms with Gasteiger partial charge < -0.3 is 10.2 Å². The predicted octanol–water partition coefficient (Wildman–Crippen LogP) is 3.20. The van der Waals surface area contributed by atoms with Gasteiger partial charge in [0.25, 0.3) is 5.91 Å². The van der Waals surface area contributed by atoms with Crippen LogP contribution in [-0.4, -0.2) is 28.5 Å². The molecule has 0 radical (unpaired) electrons. The van der Waals surface area contributed by atoms with E-state index in [2.05, 4.69) is 35.2 Å². The second kappa shape index (κ2) is 6.36. The lowest BCUT2D eigenvalue weighted by Gasteiger charge is -2.22. The number of carbonyl (C=O) groups excluding carboxylic acids is 1. The number of amides is 1. The molecule has 0 saturated heterocycles. The van der Waals surface area contributed by atoms with E-state index in [9.17, 15) is 4.79 Å². The van der Waals surface area contributed by atoms with E-state index in [1.54, 1.807) is 6.07 Å². The molecule has 2 heterocycles. The van der Waals surface area contributed by atoms with Crippen molar-refractivity contribution < 1.29 is 4.79 Å². The Morgan fingerprint density at radius 2 is 2.13 bits per heavy atom. The average Bonchev–Trinajstić information content (AvgIpc) is 2.87. The molecule has 1 atom stereocenters. The van der Waals surface area contributed by atoms with Crippen LogP contribution < -0.4 is 10.2 Å². The smallest absolute Gasteiger partial charge is 0.277 e. The van der Waals surface area contributed by atoms with E-state index in [0.717, 1.165) is 30.8 Å². The summed E-state index contributed by atoms with van der Waals surface area (Å²) in [4.78, 5) is 23.6. The molecule has 1 amide bonds. The second-order valence-corrected chi connectivity index (χ2v) is 6.00. The summed E-state index contributed by atoms with van der Waals surface area (Å²) in [5.74, 6) is 0.461.